The van der Waals surface area contributed by atoms with Crippen LogP contribution in [0.25, 0.3) is 0 Å². The van der Waals surface area contributed by atoms with E-state index in [1.54, 1.807) is 13.0 Å². The van der Waals surface area contributed by atoms with Crippen molar-refractivity contribution in [3.63, 3.8) is 0 Å². The van der Waals surface area contributed by atoms with Gasteiger partial charge in [0.1, 0.15) is 5.82 Å². The first-order chi connectivity index (χ1) is 8.91. The third-order valence-electron chi connectivity index (χ3n) is 3.19. The summed E-state index contributed by atoms with van der Waals surface area (Å²) in [6.07, 6.45) is 1.14. The van der Waals surface area contributed by atoms with Crippen LogP contribution in [-0.2, 0) is 4.79 Å². The summed E-state index contributed by atoms with van der Waals surface area (Å²) in [6, 6.07) is 3.66. The second-order valence-corrected chi connectivity index (χ2v) is 4.91. The topological polar surface area (TPSA) is 78.4 Å². The number of urea groups is 1. The summed E-state index contributed by atoms with van der Waals surface area (Å²) in [5, 5.41) is 13.9. The maximum Gasteiger partial charge on any atom is 0.319 e. The van der Waals surface area contributed by atoms with Crippen LogP contribution in [0.3, 0.4) is 0 Å². The summed E-state index contributed by atoms with van der Waals surface area (Å²) in [5.41, 5.74) is 0.226. The number of carbonyl (C=O) groups is 2. The number of hydrogen-bond acceptors (Lipinski definition) is 2. The summed E-state index contributed by atoms with van der Waals surface area (Å²) in [7, 11) is 0. The Morgan fingerprint density at radius 2 is 2.05 bits per heavy atom. The molecule has 3 N–H and O–H groups in total. The number of anilines is 1. The minimum atomic E-state index is -0.894. The van der Waals surface area contributed by atoms with Crippen LogP contribution >= 0.6 is 0 Å². The average molecular weight is 266 g/mol. The number of aliphatic carboxylic acids is 1. The quantitative estimate of drug-likeness (QED) is 0.781. The normalized spacial score (nSPS) is 15.7. The fourth-order valence-corrected chi connectivity index (χ4v) is 1.85. The minimum absolute atomic E-state index is 0.0858. The second kappa shape index (κ2) is 4.87. The molecule has 2 rings (SSSR count). The lowest BCUT2D eigenvalue weighted by atomic mass is 10.1. The van der Waals surface area contributed by atoms with Crippen LogP contribution in [0.1, 0.15) is 18.4 Å². The number of carboxylic acid groups (broad SMARTS) is 1. The predicted molar refractivity (Wildman–Crippen MR) is 67.5 cm³/mol. The highest BCUT2D eigenvalue weighted by Gasteiger charge is 2.50. The van der Waals surface area contributed by atoms with Gasteiger partial charge in [0.15, 0.2) is 0 Å². The number of carbonyl (C=O) groups excluding carboxylic acids is 1. The first kappa shape index (κ1) is 13.3. The molecular weight excluding hydrogens is 251 g/mol. The highest BCUT2D eigenvalue weighted by molar-refractivity contribution is 5.90. The molecule has 0 saturated heterocycles. The van der Waals surface area contributed by atoms with Crippen LogP contribution in [0.5, 0.6) is 0 Å². The molecule has 19 heavy (non-hydrogen) atoms. The van der Waals surface area contributed by atoms with E-state index in [1.807, 2.05) is 0 Å². The molecule has 2 amide bonds. The van der Waals surface area contributed by atoms with E-state index in [2.05, 4.69) is 10.6 Å². The SMILES string of the molecule is Cc1cc(F)cc(NC(=O)NCC2(C(=O)O)CC2)c1. The molecule has 1 aromatic rings. The van der Waals surface area contributed by atoms with Crippen molar-refractivity contribution >= 4 is 17.7 Å². The monoisotopic (exact) mass is 266 g/mol. The Bertz CT molecular complexity index is 506. The highest BCUT2D eigenvalue weighted by Crippen LogP contribution is 2.45. The second-order valence-electron chi connectivity index (χ2n) is 4.91. The van der Waals surface area contributed by atoms with Crippen molar-refractivity contribution in [3.8, 4) is 0 Å². The van der Waals surface area contributed by atoms with Crippen LogP contribution in [0.2, 0.25) is 0 Å². The Kier molecular flexibility index (Phi) is 3.42. The average Bonchev–Trinajstić information content (AvgIpc) is 3.05. The third kappa shape index (κ3) is 3.21. The summed E-state index contributed by atoms with van der Waals surface area (Å²) in [6.45, 7) is 1.80. The molecule has 0 heterocycles. The maximum atomic E-state index is 13.1. The van der Waals surface area contributed by atoms with Crippen molar-refractivity contribution in [1.29, 1.82) is 0 Å². The summed E-state index contributed by atoms with van der Waals surface area (Å²) < 4.78 is 13.1. The zero-order chi connectivity index (χ0) is 14.0. The van der Waals surface area contributed by atoms with Gasteiger partial charge in [0.05, 0.1) is 5.41 Å². The van der Waals surface area contributed by atoms with Gasteiger partial charge in [-0.3, -0.25) is 4.79 Å². The molecule has 1 aliphatic carbocycles. The van der Waals surface area contributed by atoms with Crippen molar-refractivity contribution in [2.75, 3.05) is 11.9 Å². The van der Waals surface area contributed by atoms with Gasteiger partial charge in [-0.05, 0) is 43.5 Å². The fraction of sp³-hybridized carbons (Fsp3) is 0.385. The van der Waals surface area contributed by atoms with Crippen LogP contribution in [0.15, 0.2) is 18.2 Å². The van der Waals surface area contributed by atoms with E-state index < -0.39 is 23.2 Å². The first-order valence-corrected chi connectivity index (χ1v) is 5.97. The number of nitrogens with one attached hydrogen (secondary N) is 2. The van der Waals surface area contributed by atoms with Crippen molar-refractivity contribution in [3.05, 3.63) is 29.6 Å². The molecule has 0 aromatic heterocycles. The van der Waals surface area contributed by atoms with Gasteiger partial charge in [-0.1, -0.05) is 0 Å². The Morgan fingerprint density at radius 3 is 2.58 bits per heavy atom. The van der Waals surface area contributed by atoms with E-state index in [-0.39, 0.29) is 6.54 Å². The standard InChI is InChI=1S/C13H15FN2O3/c1-8-4-9(14)6-10(5-8)16-12(19)15-7-13(2-3-13)11(17)18/h4-6H,2-3,7H2,1H3,(H,17,18)(H2,15,16,19). The Hall–Kier alpha value is -2.11. The van der Waals surface area contributed by atoms with Gasteiger partial charge >= 0.3 is 12.0 Å². The number of benzene rings is 1. The van der Waals surface area contributed by atoms with Crippen molar-refractivity contribution in [2.45, 2.75) is 19.8 Å². The molecule has 102 valence electrons. The number of amides is 2. The van der Waals surface area contributed by atoms with Gasteiger partial charge in [0.25, 0.3) is 0 Å². The van der Waals surface area contributed by atoms with Crippen molar-refractivity contribution in [2.24, 2.45) is 5.41 Å². The molecular formula is C13H15FN2O3. The molecule has 0 radical (unpaired) electrons. The van der Waals surface area contributed by atoms with Gasteiger partial charge in [0.2, 0.25) is 0 Å². The number of carboxylic acids is 1. The molecule has 0 spiro atoms. The molecule has 1 saturated carbocycles. The molecule has 1 fully saturated rings. The summed E-state index contributed by atoms with van der Waals surface area (Å²) in [5.74, 6) is -1.33. The number of rotatable bonds is 4. The third-order valence-corrected chi connectivity index (χ3v) is 3.19. The number of hydrogen-bond donors (Lipinski definition) is 3. The summed E-state index contributed by atoms with van der Waals surface area (Å²) >= 11 is 0. The van der Waals surface area contributed by atoms with Crippen LogP contribution in [-0.4, -0.2) is 23.7 Å². The molecule has 0 bridgehead atoms. The fourth-order valence-electron chi connectivity index (χ4n) is 1.85. The lowest BCUT2D eigenvalue weighted by Gasteiger charge is -2.12. The lowest BCUT2D eigenvalue weighted by Crippen LogP contribution is -2.36. The Morgan fingerprint density at radius 1 is 1.37 bits per heavy atom. The molecule has 1 aromatic carbocycles. The molecule has 1 aliphatic rings. The van der Waals surface area contributed by atoms with Crippen LogP contribution < -0.4 is 10.6 Å². The minimum Gasteiger partial charge on any atom is -0.481 e. The van der Waals surface area contributed by atoms with Gasteiger partial charge in [-0.25, -0.2) is 9.18 Å². The van der Waals surface area contributed by atoms with E-state index >= 15 is 0 Å². The number of halogens is 1. The van der Waals surface area contributed by atoms with Crippen molar-refractivity contribution in [1.82, 2.24) is 5.32 Å². The molecule has 5 nitrogen and oxygen atoms in total. The van der Waals surface area contributed by atoms with Crippen LogP contribution in [0, 0.1) is 18.2 Å². The lowest BCUT2D eigenvalue weighted by molar-refractivity contribution is -0.143. The van der Waals surface area contributed by atoms with E-state index in [0.717, 1.165) is 0 Å². The Balaban J connectivity index is 1.89. The highest BCUT2D eigenvalue weighted by atomic mass is 19.1. The van der Waals surface area contributed by atoms with Crippen molar-refractivity contribution < 1.29 is 19.1 Å². The van der Waals surface area contributed by atoms with E-state index in [0.29, 0.717) is 24.1 Å². The van der Waals surface area contributed by atoms with Gasteiger partial charge < -0.3 is 15.7 Å². The first-order valence-electron chi connectivity index (χ1n) is 5.97. The Labute approximate surface area is 109 Å². The molecule has 0 atom stereocenters. The molecule has 0 aliphatic heterocycles. The van der Waals surface area contributed by atoms with E-state index in [4.69, 9.17) is 5.11 Å². The largest absolute Gasteiger partial charge is 0.481 e. The maximum absolute atomic E-state index is 13.1. The zero-order valence-electron chi connectivity index (χ0n) is 10.5. The van der Waals surface area contributed by atoms with E-state index in [9.17, 15) is 14.0 Å². The van der Waals surface area contributed by atoms with E-state index in [1.165, 1.54) is 12.1 Å². The zero-order valence-corrected chi connectivity index (χ0v) is 10.5. The van der Waals surface area contributed by atoms with Crippen LogP contribution in [0.4, 0.5) is 14.9 Å². The summed E-state index contributed by atoms with van der Waals surface area (Å²) in [4.78, 5) is 22.5. The van der Waals surface area contributed by atoms with Gasteiger partial charge in [-0.2, -0.15) is 0 Å². The molecule has 0 unspecified atom stereocenters. The smallest absolute Gasteiger partial charge is 0.319 e. The van der Waals surface area contributed by atoms with Gasteiger partial charge in [-0.15, -0.1) is 0 Å². The molecule has 6 heteroatoms. The number of aryl methyl sites for hydroxylation is 1. The predicted octanol–water partition coefficient (Wildman–Crippen LogP) is 2.12. The van der Waals surface area contributed by atoms with Gasteiger partial charge in [0, 0.05) is 12.2 Å².